The minimum atomic E-state index is -0.724. The van der Waals surface area contributed by atoms with Crippen LogP contribution in [0.3, 0.4) is 0 Å². The van der Waals surface area contributed by atoms with Crippen molar-refractivity contribution in [1.82, 2.24) is 0 Å². The van der Waals surface area contributed by atoms with E-state index in [-0.39, 0.29) is 11.2 Å². The summed E-state index contributed by atoms with van der Waals surface area (Å²) in [5.41, 5.74) is 2.50. The van der Waals surface area contributed by atoms with Gasteiger partial charge >= 0.3 is 5.97 Å². The van der Waals surface area contributed by atoms with Gasteiger partial charge in [-0.2, -0.15) is 0 Å². The van der Waals surface area contributed by atoms with Gasteiger partial charge in [0, 0.05) is 23.0 Å². The van der Waals surface area contributed by atoms with Gasteiger partial charge in [0.25, 0.3) is 0 Å². The largest absolute Gasteiger partial charge is 0.493 e. The molecule has 6 nitrogen and oxygen atoms in total. The molecule has 5 rings (SSSR count). The highest BCUT2D eigenvalue weighted by molar-refractivity contribution is 6.02. The predicted molar refractivity (Wildman–Crippen MR) is 128 cm³/mol. The second kappa shape index (κ2) is 8.64. The Bertz CT molecular complexity index is 1120. The number of benzene rings is 2. The Morgan fingerprint density at radius 1 is 0.882 bits per heavy atom. The molecule has 0 amide bonds. The van der Waals surface area contributed by atoms with E-state index in [9.17, 15) is 14.7 Å². The summed E-state index contributed by atoms with van der Waals surface area (Å²) in [6, 6.07) is 9.60. The van der Waals surface area contributed by atoms with Crippen LogP contribution in [0.1, 0.15) is 67.3 Å². The molecule has 2 saturated carbocycles. The van der Waals surface area contributed by atoms with E-state index in [1.807, 2.05) is 30.3 Å². The van der Waals surface area contributed by atoms with Crippen LogP contribution in [0.5, 0.6) is 17.2 Å². The summed E-state index contributed by atoms with van der Waals surface area (Å²) in [6.07, 6.45) is 7.34. The number of carboxylic acid groups (broad SMARTS) is 1. The third kappa shape index (κ3) is 3.46. The molecule has 34 heavy (non-hydrogen) atoms. The number of aliphatic carboxylic acids is 1. The van der Waals surface area contributed by atoms with Crippen molar-refractivity contribution in [3.05, 3.63) is 41.5 Å². The molecular weight excluding hydrogens is 432 g/mol. The normalized spacial score (nSPS) is 19.9. The third-order valence-corrected chi connectivity index (χ3v) is 8.35. The van der Waals surface area contributed by atoms with Crippen LogP contribution in [-0.2, 0) is 11.2 Å². The summed E-state index contributed by atoms with van der Waals surface area (Å²) in [5.74, 6) is 1.08. The lowest BCUT2D eigenvalue weighted by molar-refractivity contribution is -0.158. The van der Waals surface area contributed by atoms with Crippen molar-refractivity contribution in [2.75, 3.05) is 20.8 Å². The molecule has 180 valence electrons. The third-order valence-electron chi connectivity index (χ3n) is 8.35. The van der Waals surface area contributed by atoms with Gasteiger partial charge in [0.05, 0.1) is 26.2 Å². The number of methoxy groups -OCH3 is 2. The van der Waals surface area contributed by atoms with Crippen LogP contribution >= 0.6 is 0 Å². The molecule has 0 unspecified atom stereocenters. The summed E-state index contributed by atoms with van der Waals surface area (Å²) >= 11 is 0. The predicted octanol–water partition coefficient (Wildman–Crippen LogP) is 5.69. The summed E-state index contributed by atoms with van der Waals surface area (Å²) in [4.78, 5) is 24.9. The number of rotatable bonds is 8. The quantitative estimate of drug-likeness (QED) is 0.540. The first-order valence-corrected chi connectivity index (χ1v) is 12.2. The molecule has 0 aromatic heterocycles. The van der Waals surface area contributed by atoms with Gasteiger partial charge in [0.2, 0.25) is 5.75 Å². The lowest BCUT2D eigenvalue weighted by Gasteiger charge is -2.40. The van der Waals surface area contributed by atoms with Gasteiger partial charge in [0.1, 0.15) is 0 Å². The van der Waals surface area contributed by atoms with Crippen molar-refractivity contribution in [1.29, 1.82) is 0 Å². The zero-order valence-electron chi connectivity index (χ0n) is 19.9. The molecule has 2 fully saturated rings. The maximum Gasteiger partial charge on any atom is 0.310 e. The van der Waals surface area contributed by atoms with Crippen LogP contribution in [0.15, 0.2) is 30.3 Å². The highest BCUT2D eigenvalue weighted by Gasteiger charge is 2.63. The number of carbonyl (C=O) groups is 2. The van der Waals surface area contributed by atoms with Gasteiger partial charge in [-0.05, 0) is 55.4 Å². The fraction of sp³-hybridized carbons (Fsp3) is 0.500. The first-order chi connectivity index (χ1) is 16.5. The van der Waals surface area contributed by atoms with E-state index in [0.29, 0.717) is 49.5 Å². The molecule has 3 aliphatic rings. The molecule has 0 spiro atoms. The molecule has 0 bridgehead atoms. The maximum absolute atomic E-state index is 12.5. The van der Waals surface area contributed by atoms with Gasteiger partial charge in [-0.15, -0.1) is 0 Å². The van der Waals surface area contributed by atoms with Gasteiger partial charge < -0.3 is 19.3 Å². The molecule has 0 saturated heterocycles. The Kier molecular flexibility index (Phi) is 5.78. The number of hydrogen-bond donors (Lipinski definition) is 1. The van der Waals surface area contributed by atoms with Crippen molar-refractivity contribution in [2.24, 2.45) is 10.8 Å². The van der Waals surface area contributed by atoms with Crippen LogP contribution < -0.4 is 14.2 Å². The van der Waals surface area contributed by atoms with E-state index < -0.39 is 11.4 Å². The minimum Gasteiger partial charge on any atom is -0.493 e. The van der Waals surface area contributed by atoms with Gasteiger partial charge in [0.15, 0.2) is 17.3 Å². The van der Waals surface area contributed by atoms with Crippen LogP contribution in [0.4, 0.5) is 0 Å². The van der Waals surface area contributed by atoms with Gasteiger partial charge in [-0.25, -0.2) is 0 Å². The summed E-state index contributed by atoms with van der Waals surface area (Å²) in [5, 5.41) is 10.3. The Balaban J connectivity index is 1.56. The topological polar surface area (TPSA) is 82.1 Å². The monoisotopic (exact) mass is 464 g/mol. The Hall–Kier alpha value is -3.02. The highest BCUT2D eigenvalue weighted by Crippen LogP contribution is 2.64. The molecule has 0 aliphatic heterocycles. The number of Topliss-reactive ketones (excluding diaryl/α,β-unsaturated/α-hetero) is 1. The van der Waals surface area contributed by atoms with Crippen molar-refractivity contribution in [3.8, 4) is 28.4 Å². The average Bonchev–Trinajstić information content (AvgIpc) is 3.58. The van der Waals surface area contributed by atoms with Crippen molar-refractivity contribution >= 4 is 11.8 Å². The smallest absolute Gasteiger partial charge is 0.310 e. The Labute approximate surface area is 200 Å². The standard InChI is InChI=1S/C28H32O6/c1-32-23-12-10-21(18-7-6-8-20-19(18)9-11-22(20)29)24(25(23)33-2)34-17-27(15-16-27)28(26(30)31)13-4-3-5-14-28/h6-8,10,12H,3-5,9,11,13-17H2,1-2H3,(H,30,31). The molecule has 0 atom stereocenters. The van der Waals surface area contributed by atoms with Crippen molar-refractivity contribution in [3.63, 3.8) is 0 Å². The lowest BCUT2D eigenvalue weighted by atomic mass is 9.64. The molecule has 2 aromatic rings. The van der Waals surface area contributed by atoms with Crippen LogP contribution in [0.25, 0.3) is 11.1 Å². The number of ketones is 1. The molecule has 2 aromatic carbocycles. The molecular formula is C28H32O6. The number of carboxylic acids is 1. The van der Waals surface area contributed by atoms with Gasteiger partial charge in [-0.3, -0.25) is 9.59 Å². The minimum absolute atomic E-state index is 0.164. The van der Waals surface area contributed by atoms with Crippen LogP contribution in [-0.4, -0.2) is 37.7 Å². The van der Waals surface area contributed by atoms with E-state index in [4.69, 9.17) is 14.2 Å². The highest BCUT2D eigenvalue weighted by atomic mass is 16.5. The second-order valence-corrected chi connectivity index (χ2v) is 9.95. The molecule has 3 aliphatic carbocycles. The van der Waals surface area contributed by atoms with E-state index >= 15 is 0 Å². The summed E-state index contributed by atoms with van der Waals surface area (Å²) < 4.78 is 17.8. The lowest BCUT2D eigenvalue weighted by Crippen LogP contribution is -2.44. The van der Waals surface area contributed by atoms with E-state index in [1.54, 1.807) is 14.2 Å². The number of fused-ring (bicyclic) bond motifs is 1. The van der Waals surface area contributed by atoms with Crippen molar-refractivity contribution < 1.29 is 28.9 Å². The maximum atomic E-state index is 12.5. The van der Waals surface area contributed by atoms with Crippen LogP contribution in [0, 0.1) is 10.8 Å². The fourth-order valence-electron chi connectivity index (χ4n) is 6.25. The number of carbonyl (C=O) groups excluding carboxylic acids is 1. The fourth-order valence-corrected chi connectivity index (χ4v) is 6.25. The summed E-state index contributed by atoms with van der Waals surface area (Å²) in [7, 11) is 3.17. The Morgan fingerprint density at radius 2 is 1.62 bits per heavy atom. The first-order valence-electron chi connectivity index (χ1n) is 12.2. The first kappa shape index (κ1) is 22.8. The number of hydrogen-bond acceptors (Lipinski definition) is 5. The van der Waals surface area contributed by atoms with Crippen LogP contribution in [0.2, 0.25) is 0 Å². The molecule has 1 N–H and O–H groups in total. The average molecular weight is 465 g/mol. The van der Waals surface area contributed by atoms with E-state index in [2.05, 4.69) is 0 Å². The van der Waals surface area contributed by atoms with E-state index in [1.165, 1.54) is 0 Å². The summed E-state index contributed by atoms with van der Waals surface area (Å²) in [6.45, 7) is 0.323. The molecule has 0 radical (unpaired) electrons. The SMILES string of the molecule is COc1ccc(-c2cccc3c2CCC3=O)c(OCC2(C3(C(=O)O)CCCCC3)CC2)c1OC. The van der Waals surface area contributed by atoms with E-state index in [0.717, 1.165) is 54.4 Å². The second-order valence-electron chi connectivity index (χ2n) is 9.95. The zero-order valence-corrected chi connectivity index (χ0v) is 19.9. The molecule has 0 heterocycles. The number of ether oxygens (including phenoxy) is 3. The Morgan fingerprint density at radius 3 is 2.26 bits per heavy atom. The zero-order chi connectivity index (χ0) is 23.9. The van der Waals surface area contributed by atoms with Crippen molar-refractivity contribution in [2.45, 2.75) is 57.8 Å². The molecule has 6 heteroatoms. The van der Waals surface area contributed by atoms with Gasteiger partial charge in [-0.1, -0.05) is 37.5 Å².